The number of carbonyl (C=O) groups excluding carboxylic acids is 1. The number of hydrogen-bond donors (Lipinski definition) is 1. The molecule has 1 N–H and O–H groups in total. The summed E-state index contributed by atoms with van der Waals surface area (Å²) in [6, 6.07) is 14.9. The molecule has 1 aliphatic carbocycles. The number of amides is 1. The molecule has 2 aliphatic rings. The van der Waals surface area contributed by atoms with Crippen LogP contribution in [-0.4, -0.2) is 43.2 Å². The van der Waals surface area contributed by atoms with Crippen molar-refractivity contribution in [2.75, 3.05) is 26.3 Å². The van der Waals surface area contributed by atoms with E-state index in [2.05, 4.69) is 34.5 Å². The van der Waals surface area contributed by atoms with E-state index < -0.39 is 0 Å². The standard InChI is InChI=1S/C22H28N2O3/c25-21(16-24(19-8-9-19)15-20-7-4-12-27-20)23-17-22(10-13-26-14-11-22)18-5-2-1-3-6-18/h1-7,12,19H,8-11,13-17H2,(H,23,25). The molecular weight excluding hydrogens is 340 g/mol. The van der Waals surface area contributed by atoms with Gasteiger partial charge in [0.25, 0.3) is 0 Å². The molecule has 1 amide bonds. The van der Waals surface area contributed by atoms with Crippen LogP contribution in [0.3, 0.4) is 0 Å². The molecular formula is C22H28N2O3. The molecule has 144 valence electrons. The van der Waals surface area contributed by atoms with E-state index in [1.165, 1.54) is 18.4 Å². The van der Waals surface area contributed by atoms with Gasteiger partial charge in [0, 0.05) is 31.2 Å². The van der Waals surface area contributed by atoms with Crippen molar-refractivity contribution in [2.24, 2.45) is 0 Å². The summed E-state index contributed by atoms with van der Waals surface area (Å²) in [5, 5.41) is 3.22. The summed E-state index contributed by atoms with van der Waals surface area (Å²) in [4.78, 5) is 14.9. The predicted octanol–water partition coefficient (Wildman–Crippen LogP) is 3.11. The first-order chi connectivity index (χ1) is 13.3. The van der Waals surface area contributed by atoms with Gasteiger partial charge in [0.05, 0.1) is 19.4 Å². The first-order valence-electron chi connectivity index (χ1n) is 9.92. The van der Waals surface area contributed by atoms with Gasteiger partial charge < -0.3 is 14.5 Å². The second-order valence-corrected chi connectivity index (χ2v) is 7.75. The van der Waals surface area contributed by atoms with Crippen LogP contribution in [0.5, 0.6) is 0 Å². The van der Waals surface area contributed by atoms with Crippen molar-refractivity contribution in [1.29, 1.82) is 0 Å². The zero-order valence-corrected chi connectivity index (χ0v) is 15.7. The molecule has 0 bridgehead atoms. The van der Waals surface area contributed by atoms with Crippen molar-refractivity contribution in [1.82, 2.24) is 10.2 Å². The minimum Gasteiger partial charge on any atom is -0.468 e. The molecule has 1 aromatic heterocycles. The third kappa shape index (κ3) is 4.60. The van der Waals surface area contributed by atoms with Crippen molar-refractivity contribution in [3.63, 3.8) is 0 Å². The molecule has 1 saturated carbocycles. The average Bonchev–Trinajstić information content (AvgIpc) is 3.44. The highest BCUT2D eigenvalue weighted by Crippen LogP contribution is 2.34. The molecule has 2 fully saturated rings. The Kier molecular flexibility index (Phi) is 5.60. The Labute approximate surface area is 160 Å². The van der Waals surface area contributed by atoms with Gasteiger partial charge in [-0.25, -0.2) is 0 Å². The summed E-state index contributed by atoms with van der Waals surface area (Å²) in [7, 11) is 0. The molecule has 27 heavy (non-hydrogen) atoms. The minimum atomic E-state index is -0.0272. The Morgan fingerprint density at radius 1 is 1.11 bits per heavy atom. The van der Waals surface area contributed by atoms with Crippen LogP contribution in [-0.2, 0) is 21.5 Å². The zero-order chi connectivity index (χ0) is 18.5. The molecule has 0 spiro atoms. The smallest absolute Gasteiger partial charge is 0.234 e. The van der Waals surface area contributed by atoms with Gasteiger partial charge in [-0.05, 0) is 43.4 Å². The normalized spacial score (nSPS) is 19.1. The van der Waals surface area contributed by atoms with Gasteiger partial charge in [0.1, 0.15) is 5.76 Å². The highest BCUT2D eigenvalue weighted by atomic mass is 16.5. The number of hydrogen-bond acceptors (Lipinski definition) is 4. The third-order valence-corrected chi connectivity index (χ3v) is 5.81. The lowest BCUT2D eigenvalue weighted by atomic mass is 9.74. The number of carbonyl (C=O) groups is 1. The SMILES string of the molecule is O=C(CN(Cc1ccco1)C1CC1)NCC1(c2ccccc2)CCOCC1. The zero-order valence-electron chi connectivity index (χ0n) is 15.7. The largest absolute Gasteiger partial charge is 0.468 e. The van der Waals surface area contributed by atoms with Gasteiger partial charge in [-0.15, -0.1) is 0 Å². The summed E-state index contributed by atoms with van der Waals surface area (Å²) in [5.74, 6) is 1.01. The van der Waals surface area contributed by atoms with E-state index in [0.717, 1.165) is 31.8 Å². The molecule has 1 aromatic carbocycles. The van der Waals surface area contributed by atoms with E-state index in [1.807, 2.05) is 18.2 Å². The van der Waals surface area contributed by atoms with Crippen LogP contribution in [0.1, 0.15) is 37.0 Å². The lowest BCUT2D eigenvalue weighted by molar-refractivity contribution is -0.123. The van der Waals surface area contributed by atoms with Gasteiger partial charge >= 0.3 is 0 Å². The number of nitrogens with zero attached hydrogens (tertiary/aromatic N) is 1. The maximum Gasteiger partial charge on any atom is 0.234 e. The summed E-state index contributed by atoms with van der Waals surface area (Å²) in [6.45, 7) is 3.28. The minimum absolute atomic E-state index is 0.0272. The van der Waals surface area contributed by atoms with Crippen molar-refractivity contribution >= 4 is 5.91 Å². The van der Waals surface area contributed by atoms with Gasteiger partial charge in [-0.1, -0.05) is 30.3 Å². The first kappa shape index (κ1) is 18.3. The van der Waals surface area contributed by atoms with Crippen LogP contribution < -0.4 is 5.32 Å². The lowest BCUT2D eigenvalue weighted by Crippen LogP contribution is -2.47. The maximum atomic E-state index is 12.7. The van der Waals surface area contributed by atoms with E-state index in [9.17, 15) is 4.79 Å². The molecule has 5 heteroatoms. The van der Waals surface area contributed by atoms with Gasteiger partial charge in [0.2, 0.25) is 5.91 Å². The number of rotatable bonds is 8. The Morgan fingerprint density at radius 2 is 1.89 bits per heavy atom. The van der Waals surface area contributed by atoms with E-state index in [-0.39, 0.29) is 11.3 Å². The van der Waals surface area contributed by atoms with Crippen LogP contribution >= 0.6 is 0 Å². The Hall–Kier alpha value is -2.11. The molecule has 0 radical (unpaired) electrons. The molecule has 2 heterocycles. The topological polar surface area (TPSA) is 54.7 Å². The van der Waals surface area contributed by atoms with E-state index in [4.69, 9.17) is 9.15 Å². The molecule has 1 saturated heterocycles. The fraction of sp³-hybridized carbons (Fsp3) is 0.500. The van der Waals surface area contributed by atoms with Crippen LogP contribution in [0.15, 0.2) is 53.1 Å². The van der Waals surface area contributed by atoms with Crippen LogP contribution in [0.25, 0.3) is 0 Å². The van der Waals surface area contributed by atoms with Gasteiger partial charge in [0.15, 0.2) is 0 Å². The van der Waals surface area contributed by atoms with E-state index >= 15 is 0 Å². The second-order valence-electron chi connectivity index (χ2n) is 7.75. The molecule has 2 aromatic rings. The first-order valence-corrected chi connectivity index (χ1v) is 9.92. The number of furan rings is 1. The molecule has 4 rings (SSSR count). The monoisotopic (exact) mass is 368 g/mol. The quantitative estimate of drug-likeness (QED) is 0.778. The third-order valence-electron chi connectivity index (χ3n) is 5.81. The summed E-state index contributed by atoms with van der Waals surface area (Å²) < 4.78 is 11.0. The number of nitrogens with one attached hydrogen (secondary N) is 1. The molecule has 1 aliphatic heterocycles. The van der Waals surface area contributed by atoms with Crippen LogP contribution in [0.2, 0.25) is 0 Å². The maximum absolute atomic E-state index is 12.7. The lowest BCUT2D eigenvalue weighted by Gasteiger charge is -2.38. The Morgan fingerprint density at radius 3 is 2.56 bits per heavy atom. The van der Waals surface area contributed by atoms with Crippen LogP contribution in [0.4, 0.5) is 0 Å². The molecule has 0 unspecified atom stereocenters. The van der Waals surface area contributed by atoms with Gasteiger partial charge in [-0.2, -0.15) is 0 Å². The molecule has 0 atom stereocenters. The highest BCUT2D eigenvalue weighted by Gasteiger charge is 2.35. The summed E-state index contributed by atoms with van der Waals surface area (Å²) in [6.07, 6.45) is 5.90. The fourth-order valence-electron chi connectivity index (χ4n) is 3.99. The van der Waals surface area contributed by atoms with Gasteiger partial charge in [-0.3, -0.25) is 9.69 Å². The van der Waals surface area contributed by atoms with Crippen LogP contribution in [0, 0.1) is 0 Å². The predicted molar refractivity (Wildman–Crippen MR) is 103 cm³/mol. The van der Waals surface area contributed by atoms with E-state index in [1.54, 1.807) is 6.26 Å². The highest BCUT2D eigenvalue weighted by molar-refractivity contribution is 5.78. The van der Waals surface area contributed by atoms with Crippen molar-refractivity contribution in [3.05, 3.63) is 60.1 Å². The van der Waals surface area contributed by atoms with Crippen molar-refractivity contribution in [3.8, 4) is 0 Å². The fourth-order valence-corrected chi connectivity index (χ4v) is 3.99. The number of ether oxygens (including phenoxy) is 1. The molecule has 5 nitrogen and oxygen atoms in total. The summed E-state index contributed by atoms with van der Waals surface area (Å²) in [5.41, 5.74) is 1.27. The van der Waals surface area contributed by atoms with E-state index in [0.29, 0.717) is 25.7 Å². The Balaban J connectivity index is 1.37. The Bertz CT molecular complexity index is 719. The van der Waals surface area contributed by atoms with Crippen molar-refractivity contribution < 1.29 is 13.9 Å². The number of benzene rings is 1. The second kappa shape index (κ2) is 8.28. The summed E-state index contributed by atoms with van der Waals surface area (Å²) >= 11 is 0. The van der Waals surface area contributed by atoms with Crippen molar-refractivity contribution in [2.45, 2.75) is 43.7 Å². The average molecular weight is 368 g/mol.